The molecule has 0 unspecified atom stereocenters. The molecule has 158 valence electrons. The molecule has 0 saturated carbocycles. The maximum absolute atomic E-state index is 12.8. The topological polar surface area (TPSA) is 83.7 Å². The van der Waals surface area contributed by atoms with E-state index in [1.807, 2.05) is 38.1 Å². The van der Waals surface area contributed by atoms with Gasteiger partial charge in [0.2, 0.25) is 5.91 Å². The molecule has 2 N–H and O–H groups in total. The summed E-state index contributed by atoms with van der Waals surface area (Å²) in [7, 11) is 1.55. The van der Waals surface area contributed by atoms with Gasteiger partial charge in [0.15, 0.2) is 11.5 Å². The Labute approximate surface area is 179 Å². The molecule has 0 aliphatic carbocycles. The quantitative estimate of drug-likeness (QED) is 0.558. The molecule has 1 heterocycles. The fraction of sp³-hybridized carbons (Fsp3) is 0.273. The lowest BCUT2D eigenvalue weighted by molar-refractivity contribution is -0.116. The molecule has 0 spiro atoms. The van der Waals surface area contributed by atoms with Crippen LogP contribution in [0, 0.1) is 0 Å². The molecule has 1 aromatic heterocycles. The Hall–Kier alpha value is -3.19. The van der Waals surface area contributed by atoms with E-state index in [2.05, 4.69) is 10.3 Å². The van der Waals surface area contributed by atoms with Crippen LogP contribution in [0.3, 0.4) is 0 Å². The third-order valence-electron chi connectivity index (χ3n) is 4.41. The molecule has 0 fully saturated rings. The van der Waals surface area contributed by atoms with E-state index in [1.54, 1.807) is 25.2 Å². The number of halogens is 1. The Balaban J connectivity index is 1.68. The van der Waals surface area contributed by atoms with Gasteiger partial charge in [-0.2, -0.15) is 0 Å². The van der Waals surface area contributed by atoms with Gasteiger partial charge in [-0.25, -0.2) is 0 Å². The van der Waals surface area contributed by atoms with Crippen LogP contribution in [0.15, 0.2) is 42.5 Å². The molecule has 0 saturated heterocycles. The second kappa shape index (κ2) is 9.54. The third kappa shape index (κ3) is 4.68. The van der Waals surface area contributed by atoms with Crippen LogP contribution >= 0.6 is 11.6 Å². The van der Waals surface area contributed by atoms with E-state index in [0.29, 0.717) is 35.4 Å². The van der Waals surface area contributed by atoms with Crippen LogP contribution < -0.4 is 14.8 Å². The van der Waals surface area contributed by atoms with Crippen molar-refractivity contribution in [3.05, 3.63) is 53.2 Å². The standard InChI is InChI=1S/C22H24ClN3O4/c1-4-29-17-11-10-14(12-18(17)30-5-2)24-19(27)13-26(3)22(28)21-20(23)15-8-6-7-9-16(15)25-21/h6-12,25H,4-5,13H2,1-3H3,(H,24,27). The number of ether oxygens (including phenoxy) is 2. The van der Waals surface area contributed by atoms with Crippen LogP contribution in [0.1, 0.15) is 24.3 Å². The van der Waals surface area contributed by atoms with E-state index >= 15 is 0 Å². The van der Waals surface area contributed by atoms with Crippen molar-refractivity contribution in [2.45, 2.75) is 13.8 Å². The molecule has 3 aromatic rings. The van der Waals surface area contributed by atoms with E-state index in [4.69, 9.17) is 21.1 Å². The number of likely N-dealkylation sites (N-methyl/N-ethyl adjacent to an activating group) is 1. The molecule has 30 heavy (non-hydrogen) atoms. The summed E-state index contributed by atoms with van der Waals surface area (Å²) in [6.07, 6.45) is 0. The summed E-state index contributed by atoms with van der Waals surface area (Å²) in [6, 6.07) is 12.5. The Morgan fingerprint density at radius 3 is 2.47 bits per heavy atom. The maximum atomic E-state index is 12.8. The molecular weight excluding hydrogens is 406 g/mol. The number of fused-ring (bicyclic) bond motifs is 1. The van der Waals surface area contributed by atoms with E-state index in [9.17, 15) is 9.59 Å². The van der Waals surface area contributed by atoms with Gasteiger partial charge in [-0.1, -0.05) is 29.8 Å². The number of carbonyl (C=O) groups excluding carboxylic acids is 2. The van der Waals surface area contributed by atoms with Gasteiger partial charge >= 0.3 is 0 Å². The average Bonchev–Trinajstić information content (AvgIpc) is 3.06. The lowest BCUT2D eigenvalue weighted by Crippen LogP contribution is -2.35. The highest BCUT2D eigenvalue weighted by Gasteiger charge is 2.21. The van der Waals surface area contributed by atoms with Gasteiger partial charge in [-0.15, -0.1) is 0 Å². The Morgan fingerprint density at radius 1 is 1.07 bits per heavy atom. The normalized spacial score (nSPS) is 10.7. The van der Waals surface area contributed by atoms with Gasteiger partial charge in [0.05, 0.1) is 24.8 Å². The van der Waals surface area contributed by atoms with Crippen LogP contribution in [-0.2, 0) is 4.79 Å². The third-order valence-corrected chi connectivity index (χ3v) is 4.80. The summed E-state index contributed by atoms with van der Waals surface area (Å²) < 4.78 is 11.1. The van der Waals surface area contributed by atoms with Gasteiger partial charge in [-0.05, 0) is 32.0 Å². The molecule has 0 aliphatic rings. The number of benzene rings is 2. The van der Waals surface area contributed by atoms with Crippen molar-refractivity contribution in [1.82, 2.24) is 9.88 Å². The van der Waals surface area contributed by atoms with Crippen LogP contribution in [0.2, 0.25) is 5.02 Å². The number of hydrogen-bond donors (Lipinski definition) is 2. The number of amides is 2. The SMILES string of the molecule is CCOc1ccc(NC(=O)CN(C)C(=O)c2[nH]c3ccccc3c2Cl)cc1OCC. The average molecular weight is 430 g/mol. The van der Waals surface area contributed by atoms with Gasteiger partial charge < -0.3 is 24.7 Å². The summed E-state index contributed by atoms with van der Waals surface area (Å²) in [6.45, 7) is 4.60. The van der Waals surface area contributed by atoms with Crippen molar-refractivity contribution < 1.29 is 19.1 Å². The van der Waals surface area contributed by atoms with Crippen LogP contribution in [-0.4, -0.2) is 48.5 Å². The number of anilines is 1. The zero-order valence-electron chi connectivity index (χ0n) is 17.1. The number of para-hydroxylation sites is 1. The highest BCUT2D eigenvalue weighted by molar-refractivity contribution is 6.38. The number of H-pyrrole nitrogens is 1. The van der Waals surface area contributed by atoms with Crippen molar-refractivity contribution in [3.8, 4) is 11.5 Å². The van der Waals surface area contributed by atoms with Crippen molar-refractivity contribution in [3.63, 3.8) is 0 Å². The first kappa shape index (κ1) is 21.5. The fourth-order valence-corrected chi connectivity index (χ4v) is 3.36. The van der Waals surface area contributed by atoms with E-state index in [1.165, 1.54) is 4.90 Å². The molecule has 7 nitrogen and oxygen atoms in total. The van der Waals surface area contributed by atoms with Crippen LogP contribution in [0.4, 0.5) is 5.69 Å². The lowest BCUT2D eigenvalue weighted by Gasteiger charge is -2.17. The Morgan fingerprint density at radius 2 is 1.77 bits per heavy atom. The summed E-state index contributed by atoms with van der Waals surface area (Å²) in [4.78, 5) is 29.6. The van der Waals surface area contributed by atoms with E-state index in [0.717, 1.165) is 10.9 Å². The molecule has 2 amide bonds. The zero-order valence-corrected chi connectivity index (χ0v) is 17.9. The molecule has 3 rings (SSSR count). The smallest absolute Gasteiger partial charge is 0.272 e. The second-order valence-corrected chi connectivity index (χ2v) is 6.97. The van der Waals surface area contributed by atoms with Crippen molar-refractivity contribution in [2.75, 3.05) is 32.1 Å². The molecular formula is C22H24ClN3O4. The first-order valence-electron chi connectivity index (χ1n) is 9.65. The van der Waals surface area contributed by atoms with Crippen LogP contribution in [0.25, 0.3) is 10.9 Å². The molecule has 2 aromatic carbocycles. The number of aromatic nitrogens is 1. The Bertz CT molecular complexity index is 1060. The van der Waals surface area contributed by atoms with Gasteiger partial charge in [0.25, 0.3) is 5.91 Å². The monoisotopic (exact) mass is 429 g/mol. The fourth-order valence-electron chi connectivity index (χ4n) is 3.06. The second-order valence-electron chi connectivity index (χ2n) is 6.60. The largest absolute Gasteiger partial charge is 0.490 e. The summed E-state index contributed by atoms with van der Waals surface area (Å²) in [5.74, 6) is 0.447. The highest BCUT2D eigenvalue weighted by atomic mass is 35.5. The number of rotatable bonds is 8. The van der Waals surface area contributed by atoms with Crippen molar-refractivity contribution >= 4 is 40.0 Å². The number of carbonyl (C=O) groups is 2. The lowest BCUT2D eigenvalue weighted by atomic mass is 10.2. The summed E-state index contributed by atoms with van der Waals surface area (Å²) in [5, 5.41) is 3.88. The maximum Gasteiger partial charge on any atom is 0.272 e. The van der Waals surface area contributed by atoms with Gasteiger partial charge in [0.1, 0.15) is 5.69 Å². The summed E-state index contributed by atoms with van der Waals surface area (Å²) >= 11 is 6.34. The van der Waals surface area contributed by atoms with Crippen molar-refractivity contribution in [1.29, 1.82) is 0 Å². The molecule has 0 radical (unpaired) electrons. The van der Waals surface area contributed by atoms with Crippen LogP contribution in [0.5, 0.6) is 11.5 Å². The van der Waals surface area contributed by atoms with E-state index < -0.39 is 0 Å². The molecule has 8 heteroatoms. The number of nitrogens with one attached hydrogen (secondary N) is 2. The molecule has 0 aliphatic heterocycles. The number of hydrogen-bond acceptors (Lipinski definition) is 4. The van der Waals surface area contributed by atoms with Gasteiger partial charge in [-0.3, -0.25) is 9.59 Å². The predicted molar refractivity (Wildman–Crippen MR) is 118 cm³/mol. The Kier molecular flexibility index (Phi) is 6.84. The molecule has 0 bridgehead atoms. The van der Waals surface area contributed by atoms with Gasteiger partial charge in [0, 0.05) is 29.7 Å². The minimum absolute atomic E-state index is 0.137. The predicted octanol–water partition coefficient (Wildman–Crippen LogP) is 4.33. The number of aromatic amines is 1. The van der Waals surface area contributed by atoms with E-state index in [-0.39, 0.29) is 24.1 Å². The molecule has 0 atom stereocenters. The minimum Gasteiger partial charge on any atom is -0.490 e. The zero-order chi connectivity index (χ0) is 21.7. The summed E-state index contributed by atoms with van der Waals surface area (Å²) in [5.41, 5.74) is 1.57. The van der Waals surface area contributed by atoms with Crippen molar-refractivity contribution in [2.24, 2.45) is 0 Å². The highest BCUT2D eigenvalue weighted by Crippen LogP contribution is 2.31. The number of nitrogens with zero attached hydrogens (tertiary/aromatic N) is 1. The minimum atomic E-state index is -0.368. The first-order valence-corrected chi connectivity index (χ1v) is 10.0. The first-order chi connectivity index (χ1) is 14.4.